The molecule has 0 amide bonds. The Kier molecular flexibility index (Phi) is 32.2. The summed E-state index contributed by atoms with van der Waals surface area (Å²) < 4.78 is 0. The Labute approximate surface area is 281 Å². The molecule has 40 heavy (non-hydrogen) atoms. The minimum Gasteiger partial charge on any atom is -0.481 e. The zero-order valence-corrected chi connectivity index (χ0v) is 31.6. The van der Waals surface area contributed by atoms with Crippen molar-refractivity contribution in [3.8, 4) is 0 Å². The van der Waals surface area contributed by atoms with Crippen LogP contribution in [-0.2, 0) is 14.4 Å². The first-order valence-corrected chi connectivity index (χ1v) is 16.1. The number of carboxylic acid groups (broad SMARTS) is 3. The smallest absolute Gasteiger partial charge is 0.309 e. The van der Waals surface area contributed by atoms with Crippen LogP contribution in [0.15, 0.2) is 0 Å². The molecule has 0 aromatic rings. The summed E-state index contributed by atoms with van der Waals surface area (Å²) in [4.78, 5) is 33.2. The second-order valence-corrected chi connectivity index (χ2v) is 11.2. The standard InChI is InChI=1S/3C11H22O2.Pr/c3*1-4-7-8-9-11(5-2,6-3)10(12)13;/h3*4-9H2,1-3H3,(H,12,13);. The maximum absolute atomic E-state index is 11.1. The first-order chi connectivity index (χ1) is 18.4. The first kappa shape index (κ1) is 46.7. The number of carboxylic acids is 3. The number of hydrogen-bond donors (Lipinski definition) is 3. The molecule has 0 saturated heterocycles. The van der Waals surface area contributed by atoms with E-state index in [1.165, 1.54) is 0 Å². The molecular formula is C33H66O6Pr. The Morgan fingerprint density at radius 1 is 0.400 bits per heavy atom. The van der Waals surface area contributed by atoms with E-state index in [0.29, 0.717) is 0 Å². The van der Waals surface area contributed by atoms with Crippen molar-refractivity contribution < 1.29 is 71.0 Å². The van der Waals surface area contributed by atoms with Crippen LogP contribution < -0.4 is 0 Å². The minimum absolute atomic E-state index is 0. The van der Waals surface area contributed by atoms with Gasteiger partial charge in [0.2, 0.25) is 0 Å². The summed E-state index contributed by atoms with van der Waals surface area (Å²) in [6, 6.07) is 0. The van der Waals surface area contributed by atoms with Gasteiger partial charge in [0.1, 0.15) is 0 Å². The Bertz CT molecular complexity index is 537. The fourth-order valence-electron chi connectivity index (χ4n) is 5.18. The van der Waals surface area contributed by atoms with Gasteiger partial charge in [-0.1, -0.05) is 120 Å². The van der Waals surface area contributed by atoms with Crippen LogP contribution in [-0.4, -0.2) is 33.2 Å². The van der Waals surface area contributed by atoms with Gasteiger partial charge < -0.3 is 15.3 Å². The minimum atomic E-state index is -0.617. The molecule has 0 aliphatic heterocycles. The predicted molar refractivity (Wildman–Crippen MR) is 164 cm³/mol. The Morgan fingerprint density at radius 3 is 0.675 bits per heavy atom. The van der Waals surface area contributed by atoms with E-state index in [9.17, 15) is 14.4 Å². The fourth-order valence-corrected chi connectivity index (χ4v) is 5.18. The summed E-state index contributed by atoms with van der Waals surface area (Å²) in [5.41, 5.74) is -1.35. The largest absolute Gasteiger partial charge is 0.481 e. The molecule has 0 spiro atoms. The summed E-state index contributed by atoms with van der Waals surface area (Å²) in [5.74, 6) is -1.85. The third-order valence-corrected chi connectivity index (χ3v) is 9.20. The Balaban J connectivity index is -0.000000240. The van der Waals surface area contributed by atoms with Gasteiger partial charge in [0.25, 0.3) is 0 Å². The van der Waals surface area contributed by atoms with Crippen LogP contribution in [0.25, 0.3) is 0 Å². The molecule has 0 rings (SSSR count). The van der Waals surface area contributed by atoms with Gasteiger partial charge in [-0.2, -0.15) is 0 Å². The van der Waals surface area contributed by atoms with E-state index < -0.39 is 34.2 Å². The molecule has 0 atom stereocenters. The second-order valence-electron chi connectivity index (χ2n) is 11.2. The van der Waals surface area contributed by atoms with E-state index in [0.717, 1.165) is 116 Å². The van der Waals surface area contributed by atoms with Gasteiger partial charge in [0.05, 0.1) is 16.2 Å². The predicted octanol–water partition coefficient (Wildman–Crippen LogP) is 10.4. The van der Waals surface area contributed by atoms with Gasteiger partial charge in [-0.3, -0.25) is 14.4 Å². The summed E-state index contributed by atoms with van der Waals surface area (Å²) in [6.07, 6.45) is 17.1. The molecule has 6 nitrogen and oxygen atoms in total. The maximum Gasteiger partial charge on any atom is 0.309 e. The van der Waals surface area contributed by atoms with Crippen LogP contribution in [0.3, 0.4) is 0 Å². The molecular weight excluding hydrogens is 633 g/mol. The van der Waals surface area contributed by atoms with Gasteiger partial charge in [-0.15, -0.1) is 0 Å². The van der Waals surface area contributed by atoms with Crippen LogP contribution in [0.2, 0.25) is 0 Å². The number of rotatable bonds is 21. The third kappa shape index (κ3) is 17.7. The molecule has 237 valence electrons. The van der Waals surface area contributed by atoms with Crippen molar-refractivity contribution in [1.82, 2.24) is 0 Å². The molecule has 0 aromatic carbocycles. The van der Waals surface area contributed by atoms with Crippen LogP contribution in [0.5, 0.6) is 0 Å². The number of unbranched alkanes of at least 4 members (excludes halogenated alkanes) is 6. The molecule has 3 N–H and O–H groups in total. The van der Waals surface area contributed by atoms with Crippen molar-refractivity contribution >= 4 is 17.9 Å². The Morgan fingerprint density at radius 2 is 0.575 bits per heavy atom. The molecule has 0 bridgehead atoms. The van der Waals surface area contributed by atoms with Crippen molar-refractivity contribution in [3.63, 3.8) is 0 Å². The summed E-state index contributed by atoms with van der Waals surface area (Å²) >= 11 is 0. The number of hydrogen-bond acceptors (Lipinski definition) is 3. The van der Waals surface area contributed by atoms with E-state index in [1.54, 1.807) is 0 Å². The normalized spacial score (nSPS) is 11.3. The average molecular weight is 700 g/mol. The fraction of sp³-hybridized carbons (Fsp3) is 0.909. The molecule has 0 saturated carbocycles. The van der Waals surface area contributed by atoms with Crippen molar-refractivity contribution in [1.29, 1.82) is 0 Å². The average Bonchev–Trinajstić information content (AvgIpc) is 2.92. The topological polar surface area (TPSA) is 112 Å². The van der Waals surface area contributed by atoms with E-state index in [-0.39, 0.29) is 41.3 Å². The number of aliphatic carboxylic acids is 3. The van der Waals surface area contributed by atoms with E-state index in [1.807, 2.05) is 41.5 Å². The second kappa shape index (κ2) is 27.6. The van der Waals surface area contributed by atoms with Crippen molar-refractivity contribution in [3.05, 3.63) is 0 Å². The molecule has 0 fully saturated rings. The van der Waals surface area contributed by atoms with Crippen LogP contribution in [0.1, 0.15) is 178 Å². The zero-order valence-electron chi connectivity index (χ0n) is 27.9. The van der Waals surface area contributed by atoms with Crippen LogP contribution >= 0.6 is 0 Å². The maximum atomic E-state index is 11.1. The van der Waals surface area contributed by atoms with Gasteiger partial charge >= 0.3 is 17.9 Å². The third-order valence-electron chi connectivity index (χ3n) is 9.20. The molecule has 1 radical (unpaired) electrons. The zero-order chi connectivity index (χ0) is 31.0. The first-order valence-electron chi connectivity index (χ1n) is 16.1. The van der Waals surface area contributed by atoms with Crippen molar-refractivity contribution in [2.45, 2.75) is 178 Å². The van der Waals surface area contributed by atoms with Gasteiger partial charge in [0, 0.05) is 41.3 Å². The Hall–Kier alpha value is -0.226. The summed E-state index contributed by atoms with van der Waals surface area (Å²) in [6.45, 7) is 18.3. The van der Waals surface area contributed by atoms with E-state index >= 15 is 0 Å². The summed E-state index contributed by atoms with van der Waals surface area (Å²) in [5, 5.41) is 27.4. The van der Waals surface area contributed by atoms with Crippen LogP contribution in [0, 0.1) is 57.5 Å². The van der Waals surface area contributed by atoms with E-state index in [4.69, 9.17) is 15.3 Å². The SMILES string of the molecule is CCCCCC(CC)(CC)C(=O)O.CCCCCC(CC)(CC)C(=O)O.CCCCCC(CC)(CC)C(=O)O.[Pr]. The van der Waals surface area contributed by atoms with Gasteiger partial charge in [-0.25, -0.2) is 0 Å². The van der Waals surface area contributed by atoms with Gasteiger partial charge in [0.15, 0.2) is 0 Å². The van der Waals surface area contributed by atoms with Gasteiger partial charge in [-0.05, 0) is 57.8 Å². The summed E-state index contributed by atoms with van der Waals surface area (Å²) in [7, 11) is 0. The monoisotopic (exact) mass is 699 g/mol. The van der Waals surface area contributed by atoms with Crippen LogP contribution in [0.4, 0.5) is 0 Å². The van der Waals surface area contributed by atoms with Crippen molar-refractivity contribution in [2.75, 3.05) is 0 Å². The quantitative estimate of drug-likeness (QED) is 0.103. The molecule has 7 heteroatoms. The molecule has 0 aliphatic carbocycles. The number of carbonyl (C=O) groups is 3. The van der Waals surface area contributed by atoms with E-state index in [2.05, 4.69) is 20.8 Å². The molecule has 0 aromatic heterocycles. The molecule has 0 aliphatic rings. The van der Waals surface area contributed by atoms with Crippen molar-refractivity contribution in [2.24, 2.45) is 16.2 Å². The molecule has 0 unspecified atom stereocenters. The molecule has 0 heterocycles.